The molecule has 0 aliphatic carbocycles. The zero-order valence-corrected chi connectivity index (χ0v) is 21.4. The number of aliphatic hydroxyl groups is 1. The molecule has 3 N–H and O–H groups in total. The number of benzene rings is 1. The summed E-state index contributed by atoms with van der Waals surface area (Å²) in [5.74, 6) is 0.869. The molecule has 2 aliphatic rings. The molecule has 1 aromatic carbocycles. The van der Waals surface area contributed by atoms with Crippen LogP contribution in [0.2, 0.25) is 0 Å². The fourth-order valence-corrected chi connectivity index (χ4v) is 3.99. The number of guanidine groups is 1. The number of nitrogens with one attached hydrogen (secondary N) is 2. The Labute approximate surface area is 204 Å². The third-order valence-corrected chi connectivity index (χ3v) is 5.98. The van der Waals surface area contributed by atoms with Gasteiger partial charge < -0.3 is 20.5 Å². The van der Waals surface area contributed by atoms with Gasteiger partial charge in [0.2, 0.25) is 0 Å². The van der Waals surface area contributed by atoms with Crippen molar-refractivity contribution < 1.29 is 9.84 Å². The van der Waals surface area contributed by atoms with Crippen LogP contribution in [0.4, 0.5) is 0 Å². The summed E-state index contributed by atoms with van der Waals surface area (Å²) >= 11 is 0. The number of halogens is 1. The summed E-state index contributed by atoms with van der Waals surface area (Å²) < 4.78 is 5.45. The molecule has 1 aromatic rings. The molecule has 2 fully saturated rings. The summed E-state index contributed by atoms with van der Waals surface area (Å²) in [4.78, 5) is 9.65. The van der Waals surface area contributed by atoms with Gasteiger partial charge in [-0.25, -0.2) is 4.99 Å². The monoisotopic (exact) mass is 545 g/mol. The summed E-state index contributed by atoms with van der Waals surface area (Å²) in [7, 11) is 0. The Morgan fingerprint density at radius 3 is 2.39 bits per heavy atom. The normalized spacial score (nSPS) is 20.2. The van der Waals surface area contributed by atoms with E-state index in [0.717, 1.165) is 77.8 Å². The van der Waals surface area contributed by atoms with Crippen LogP contribution in [0.1, 0.15) is 37.8 Å². The first-order valence-electron chi connectivity index (χ1n) is 11.5. The van der Waals surface area contributed by atoms with E-state index in [-0.39, 0.29) is 30.1 Å². The predicted octanol–water partition coefficient (Wildman–Crippen LogP) is 2.04. The summed E-state index contributed by atoms with van der Waals surface area (Å²) in [6.45, 7) is 13.3. The number of hydrogen-bond acceptors (Lipinski definition) is 5. The molecule has 7 nitrogen and oxygen atoms in total. The van der Waals surface area contributed by atoms with Gasteiger partial charge in [0.1, 0.15) is 0 Å². The third-order valence-electron chi connectivity index (χ3n) is 5.98. The maximum absolute atomic E-state index is 9.65. The maximum Gasteiger partial charge on any atom is 0.191 e. The summed E-state index contributed by atoms with van der Waals surface area (Å²) in [5.41, 5.74) is 2.54. The van der Waals surface area contributed by atoms with E-state index in [1.165, 1.54) is 11.1 Å². The lowest BCUT2D eigenvalue weighted by atomic mass is 10.1. The Morgan fingerprint density at radius 2 is 1.74 bits per heavy atom. The molecule has 1 unspecified atom stereocenters. The van der Waals surface area contributed by atoms with E-state index in [1.54, 1.807) is 0 Å². The van der Waals surface area contributed by atoms with Gasteiger partial charge in [-0.1, -0.05) is 24.3 Å². The second kappa shape index (κ2) is 14.3. The smallest absolute Gasteiger partial charge is 0.191 e. The van der Waals surface area contributed by atoms with E-state index in [2.05, 4.69) is 58.5 Å². The Kier molecular flexibility index (Phi) is 12.1. The molecule has 2 heterocycles. The van der Waals surface area contributed by atoms with Crippen LogP contribution in [-0.4, -0.2) is 85.5 Å². The number of hydrogen-bond donors (Lipinski definition) is 3. The molecule has 31 heavy (non-hydrogen) atoms. The number of aliphatic hydroxyl groups excluding tert-OH is 1. The van der Waals surface area contributed by atoms with Gasteiger partial charge in [0.05, 0.1) is 25.9 Å². The molecule has 3 rings (SSSR count). The fraction of sp³-hybridized carbons (Fsp3) is 0.696. The van der Waals surface area contributed by atoms with Crippen LogP contribution in [-0.2, 0) is 17.8 Å². The predicted molar refractivity (Wildman–Crippen MR) is 137 cm³/mol. The highest BCUT2D eigenvalue weighted by molar-refractivity contribution is 14.0. The standard InChI is InChI=1S/C23H39N5O2.HI/c1-3-24-23(25-16-19(2)28-12-14-30-15-13-28)26-17-20-4-6-21(7-5-20)18-27-10-8-22(29)9-11-27;/h4-7,19,22,29H,3,8-18H2,1-2H3,(H2,24,25,26);1H. The molecule has 176 valence electrons. The molecule has 0 aromatic heterocycles. The first-order chi connectivity index (χ1) is 14.6. The summed E-state index contributed by atoms with van der Waals surface area (Å²) in [5, 5.41) is 16.5. The van der Waals surface area contributed by atoms with Gasteiger partial charge in [-0.15, -0.1) is 24.0 Å². The summed E-state index contributed by atoms with van der Waals surface area (Å²) in [6.07, 6.45) is 1.66. The van der Waals surface area contributed by atoms with Crippen molar-refractivity contribution in [1.82, 2.24) is 20.4 Å². The Balaban J connectivity index is 0.00000341. The minimum atomic E-state index is -0.113. The minimum Gasteiger partial charge on any atom is -0.393 e. The Bertz CT molecular complexity index is 644. The van der Waals surface area contributed by atoms with Gasteiger partial charge in [-0.3, -0.25) is 9.80 Å². The van der Waals surface area contributed by atoms with E-state index < -0.39 is 0 Å². The average Bonchev–Trinajstić information content (AvgIpc) is 2.78. The molecular weight excluding hydrogens is 505 g/mol. The maximum atomic E-state index is 9.65. The highest BCUT2D eigenvalue weighted by Crippen LogP contribution is 2.14. The molecule has 0 bridgehead atoms. The van der Waals surface area contributed by atoms with Crippen molar-refractivity contribution >= 4 is 29.9 Å². The number of rotatable bonds is 8. The van der Waals surface area contributed by atoms with Crippen molar-refractivity contribution in [2.24, 2.45) is 4.99 Å². The second-order valence-corrected chi connectivity index (χ2v) is 8.40. The zero-order valence-electron chi connectivity index (χ0n) is 19.1. The van der Waals surface area contributed by atoms with Crippen LogP contribution in [0.5, 0.6) is 0 Å². The molecule has 1 atom stereocenters. The molecular formula is C23H40IN5O2. The van der Waals surface area contributed by atoms with Crippen molar-refractivity contribution in [2.45, 2.75) is 51.9 Å². The number of aliphatic imine (C=N–C) groups is 1. The molecule has 0 saturated carbocycles. The van der Waals surface area contributed by atoms with E-state index in [4.69, 9.17) is 9.73 Å². The number of ether oxygens (including phenoxy) is 1. The van der Waals surface area contributed by atoms with Gasteiger partial charge in [-0.05, 0) is 37.8 Å². The quantitative estimate of drug-likeness (QED) is 0.264. The van der Waals surface area contributed by atoms with Crippen LogP contribution in [0.25, 0.3) is 0 Å². The lowest BCUT2D eigenvalue weighted by molar-refractivity contribution is 0.0211. The van der Waals surface area contributed by atoms with Crippen molar-refractivity contribution in [3.63, 3.8) is 0 Å². The van der Waals surface area contributed by atoms with Crippen LogP contribution < -0.4 is 10.6 Å². The fourth-order valence-electron chi connectivity index (χ4n) is 3.99. The number of nitrogens with zero attached hydrogens (tertiary/aromatic N) is 3. The van der Waals surface area contributed by atoms with Crippen LogP contribution in [0, 0.1) is 0 Å². The van der Waals surface area contributed by atoms with Gasteiger partial charge in [0, 0.05) is 51.9 Å². The van der Waals surface area contributed by atoms with Crippen molar-refractivity contribution in [3.05, 3.63) is 35.4 Å². The number of piperidine rings is 1. The average molecular weight is 546 g/mol. The Morgan fingerprint density at radius 1 is 1.10 bits per heavy atom. The molecule has 2 saturated heterocycles. The van der Waals surface area contributed by atoms with E-state index in [0.29, 0.717) is 12.6 Å². The van der Waals surface area contributed by atoms with Gasteiger partial charge in [0.15, 0.2) is 5.96 Å². The third kappa shape index (κ3) is 9.21. The first-order valence-corrected chi connectivity index (χ1v) is 11.5. The molecule has 2 aliphatic heterocycles. The largest absolute Gasteiger partial charge is 0.393 e. The van der Waals surface area contributed by atoms with E-state index >= 15 is 0 Å². The summed E-state index contributed by atoms with van der Waals surface area (Å²) in [6, 6.07) is 9.22. The second-order valence-electron chi connectivity index (χ2n) is 8.40. The zero-order chi connectivity index (χ0) is 21.2. The van der Waals surface area contributed by atoms with Crippen molar-refractivity contribution in [2.75, 3.05) is 52.5 Å². The van der Waals surface area contributed by atoms with E-state index in [9.17, 15) is 5.11 Å². The first kappa shape index (κ1) is 26.3. The highest BCUT2D eigenvalue weighted by Gasteiger charge is 2.18. The SMILES string of the molecule is CCNC(=NCc1ccc(CN2CCC(O)CC2)cc1)NCC(C)N1CCOCC1.I. The lowest BCUT2D eigenvalue weighted by Crippen LogP contribution is -2.49. The topological polar surface area (TPSA) is 72.4 Å². The highest BCUT2D eigenvalue weighted by atomic mass is 127. The molecule has 0 spiro atoms. The van der Waals surface area contributed by atoms with Crippen LogP contribution in [0.15, 0.2) is 29.3 Å². The lowest BCUT2D eigenvalue weighted by Gasteiger charge is -2.32. The molecule has 0 radical (unpaired) electrons. The minimum absolute atomic E-state index is 0. The molecule has 8 heteroatoms. The van der Waals surface area contributed by atoms with E-state index in [1.807, 2.05) is 0 Å². The Hall–Kier alpha value is -0.940. The van der Waals surface area contributed by atoms with Crippen molar-refractivity contribution in [3.8, 4) is 0 Å². The van der Waals surface area contributed by atoms with Gasteiger partial charge in [-0.2, -0.15) is 0 Å². The van der Waals surface area contributed by atoms with Crippen LogP contribution in [0.3, 0.4) is 0 Å². The van der Waals surface area contributed by atoms with Crippen molar-refractivity contribution in [1.29, 1.82) is 0 Å². The van der Waals surface area contributed by atoms with Crippen LogP contribution >= 0.6 is 24.0 Å². The number of morpholine rings is 1. The van der Waals surface area contributed by atoms with Gasteiger partial charge >= 0.3 is 0 Å². The number of likely N-dealkylation sites (tertiary alicyclic amines) is 1. The molecule has 0 amide bonds. The van der Waals surface area contributed by atoms with Gasteiger partial charge in [0.25, 0.3) is 0 Å².